The van der Waals surface area contributed by atoms with Crippen LogP contribution < -0.4 is 5.43 Å². The molecule has 1 aromatic rings. The van der Waals surface area contributed by atoms with Crippen LogP contribution in [-0.4, -0.2) is 12.1 Å². The second kappa shape index (κ2) is 8.60. The first-order valence-electron chi connectivity index (χ1n) is 5.68. The monoisotopic (exact) mass is 249 g/mol. The summed E-state index contributed by atoms with van der Waals surface area (Å²) in [4.78, 5) is 3.32. The summed E-state index contributed by atoms with van der Waals surface area (Å²) in [5.74, 6) is 0.739. The van der Waals surface area contributed by atoms with Crippen LogP contribution in [0.25, 0.3) is 4.85 Å². The number of hydrogen-bond acceptors (Lipinski definition) is 2. The molecular formula is C13H16ClN3. The van der Waals surface area contributed by atoms with Crippen LogP contribution in [0.5, 0.6) is 0 Å². The molecule has 0 aliphatic carbocycles. The first kappa shape index (κ1) is 13.5. The van der Waals surface area contributed by atoms with Crippen LogP contribution in [0.1, 0.15) is 25.7 Å². The number of nitrogens with one attached hydrogen (secondary N) is 1. The van der Waals surface area contributed by atoms with Crippen LogP contribution in [0, 0.1) is 6.57 Å². The molecule has 0 amide bonds. The zero-order valence-electron chi connectivity index (χ0n) is 9.69. The van der Waals surface area contributed by atoms with Gasteiger partial charge in [-0.25, -0.2) is 4.85 Å². The van der Waals surface area contributed by atoms with Gasteiger partial charge in [-0.15, -0.1) is 11.6 Å². The Morgan fingerprint density at radius 1 is 1.24 bits per heavy atom. The van der Waals surface area contributed by atoms with Crippen molar-refractivity contribution in [1.29, 1.82) is 0 Å². The van der Waals surface area contributed by atoms with E-state index in [0.717, 1.165) is 37.3 Å². The Bertz CT molecular complexity index is 379. The normalized spacial score (nSPS) is 10.4. The zero-order chi connectivity index (χ0) is 12.3. The largest absolute Gasteiger partial charge is 0.279 e. The number of benzene rings is 1. The lowest BCUT2D eigenvalue weighted by Gasteiger charge is -1.99. The molecule has 0 aromatic heterocycles. The van der Waals surface area contributed by atoms with Crippen LogP contribution in [0.15, 0.2) is 29.4 Å². The summed E-state index contributed by atoms with van der Waals surface area (Å²) in [7, 11) is 0. The fourth-order valence-corrected chi connectivity index (χ4v) is 1.49. The van der Waals surface area contributed by atoms with Gasteiger partial charge in [-0.2, -0.15) is 5.10 Å². The molecule has 0 spiro atoms. The minimum atomic E-state index is 0.639. The van der Waals surface area contributed by atoms with Gasteiger partial charge in [-0.3, -0.25) is 5.43 Å². The molecule has 0 saturated carbocycles. The van der Waals surface area contributed by atoms with Gasteiger partial charge in [0.2, 0.25) is 0 Å². The minimum absolute atomic E-state index is 0.639. The number of anilines is 1. The van der Waals surface area contributed by atoms with Crippen molar-refractivity contribution in [3.05, 3.63) is 35.7 Å². The van der Waals surface area contributed by atoms with Crippen LogP contribution in [0.4, 0.5) is 11.4 Å². The number of alkyl halides is 1. The fraction of sp³-hybridized carbons (Fsp3) is 0.385. The average Bonchev–Trinajstić information content (AvgIpc) is 2.38. The second-order valence-electron chi connectivity index (χ2n) is 3.62. The Hall–Kier alpha value is -1.53. The third-order valence-electron chi connectivity index (χ3n) is 2.25. The molecule has 90 valence electrons. The number of rotatable bonds is 7. The first-order chi connectivity index (χ1) is 8.36. The Labute approximate surface area is 107 Å². The van der Waals surface area contributed by atoms with E-state index >= 15 is 0 Å². The Kier molecular flexibility index (Phi) is 6.85. The van der Waals surface area contributed by atoms with E-state index in [0.29, 0.717) is 5.69 Å². The van der Waals surface area contributed by atoms with E-state index in [4.69, 9.17) is 18.2 Å². The van der Waals surface area contributed by atoms with E-state index in [1.54, 1.807) is 12.1 Å². The lowest BCUT2D eigenvalue weighted by Crippen LogP contribution is -1.89. The van der Waals surface area contributed by atoms with Crippen LogP contribution in [-0.2, 0) is 0 Å². The molecule has 0 unspecified atom stereocenters. The molecule has 17 heavy (non-hydrogen) atoms. The van der Waals surface area contributed by atoms with E-state index in [1.165, 1.54) is 0 Å². The molecule has 1 N–H and O–H groups in total. The third kappa shape index (κ3) is 5.94. The Balaban J connectivity index is 2.21. The molecular weight excluding hydrogens is 234 g/mol. The standard InChI is InChI=1S/C13H16ClN3/c1-15-12-6-8-13(9-7-12)17-16-11-5-3-2-4-10-14/h6-9,11,17H,2-5,10H2/b16-11-. The van der Waals surface area contributed by atoms with Crippen LogP contribution in [0.2, 0.25) is 0 Å². The van der Waals surface area contributed by atoms with Crippen molar-refractivity contribution in [2.75, 3.05) is 11.3 Å². The van der Waals surface area contributed by atoms with Crippen molar-refractivity contribution in [3.8, 4) is 0 Å². The third-order valence-corrected chi connectivity index (χ3v) is 2.52. The van der Waals surface area contributed by atoms with Gasteiger partial charge >= 0.3 is 0 Å². The average molecular weight is 250 g/mol. The maximum absolute atomic E-state index is 6.83. The number of hydrogen-bond donors (Lipinski definition) is 1. The lowest BCUT2D eigenvalue weighted by molar-refractivity contribution is 0.749. The summed E-state index contributed by atoms with van der Waals surface area (Å²) < 4.78 is 0. The van der Waals surface area contributed by atoms with E-state index < -0.39 is 0 Å². The van der Waals surface area contributed by atoms with Crippen molar-refractivity contribution in [1.82, 2.24) is 0 Å². The minimum Gasteiger partial charge on any atom is -0.279 e. The van der Waals surface area contributed by atoms with Gasteiger partial charge in [0.15, 0.2) is 5.69 Å². The molecule has 0 fully saturated rings. The van der Waals surface area contributed by atoms with E-state index in [9.17, 15) is 0 Å². The predicted octanol–water partition coefficient (Wildman–Crippen LogP) is 4.43. The molecule has 0 aliphatic rings. The van der Waals surface area contributed by atoms with E-state index in [1.807, 2.05) is 18.3 Å². The maximum Gasteiger partial charge on any atom is 0.187 e. The van der Waals surface area contributed by atoms with E-state index in [-0.39, 0.29) is 0 Å². The second-order valence-corrected chi connectivity index (χ2v) is 4.00. The van der Waals surface area contributed by atoms with Gasteiger partial charge in [-0.1, -0.05) is 18.6 Å². The van der Waals surface area contributed by atoms with Crippen LogP contribution in [0.3, 0.4) is 0 Å². The number of unbranched alkanes of at least 4 members (excludes halogenated alkanes) is 3. The van der Waals surface area contributed by atoms with Gasteiger partial charge in [0.25, 0.3) is 0 Å². The summed E-state index contributed by atoms with van der Waals surface area (Å²) in [6.07, 6.45) is 6.17. The highest BCUT2D eigenvalue weighted by atomic mass is 35.5. The Morgan fingerprint density at radius 2 is 2.00 bits per heavy atom. The fourth-order valence-electron chi connectivity index (χ4n) is 1.30. The number of nitrogens with zero attached hydrogens (tertiary/aromatic N) is 2. The summed E-state index contributed by atoms with van der Waals surface area (Å²) in [6.45, 7) is 6.83. The summed E-state index contributed by atoms with van der Waals surface area (Å²) in [6, 6.07) is 7.23. The highest BCUT2D eigenvalue weighted by molar-refractivity contribution is 6.17. The topological polar surface area (TPSA) is 28.8 Å². The molecule has 4 heteroatoms. The van der Waals surface area contributed by atoms with Crippen molar-refractivity contribution >= 4 is 29.2 Å². The lowest BCUT2D eigenvalue weighted by atomic mass is 10.2. The smallest absolute Gasteiger partial charge is 0.187 e. The predicted molar refractivity (Wildman–Crippen MR) is 74.0 cm³/mol. The van der Waals surface area contributed by atoms with Crippen molar-refractivity contribution in [2.45, 2.75) is 25.7 Å². The number of halogens is 1. The van der Waals surface area contributed by atoms with Gasteiger partial charge < -0.3 is 0 Å². The zero-order valence-corrected chi connectivity index (χ0v) is 10.5. The molecule has 0 radical (unpaired) electrons. The van der Waals surface area contributed by atoms with E-state index in [2.05, 4.69) is 15.4 Å². The first-order valence-corrected chi connectivity index (χ1v) is 6.21. The molecule has 3 nitrogen and oxygen atoms in total. The summed E-state index contributed by atoms with van der Waals surface area (Å²) in [5.41, 5.74) is 4.46. The van der Waals surface area contributed by atoms with Crippen molar-refractivity contribution < 1.29 is 0 Å². The molecule has 0 atom stereocenters. The molecule has 0 heterocycles. The highest BCUT2D eigenvalue weighted by Crippen LogP contribution is 2.15. The maximum atomic E-state index is 6.83. The van der Waals surface area contributed by atoms with Crippen molar-refractivity contribution in [3.63, 3.8) is 0 Å². The number of hydrazone groups is 1. The van der Waals surface area contributed by atoms with Crippen LogP contribution >= 0.6 is 11.6 Å². The van der Waals surface area contributed by atoms with Gasteiger partial charge in [0.05, 0.1) is 12.3 Å². The quantitative estimate of drug-likeness (QED) is 0.250. The summed E-state index contributed by atoms with van der Waals surface area (Å²) in [5, 5.41) is 4.11. The molecule has 0 aliphatic heterocycles. The van der Waals surface area contributed by atoms with Gasteiger partial charge in [0.1, 0.15) is 0 Å². The van der Waals surface area contributed by atoms with Gasteiger partial charge in [-0.05, 0) is 31.4 Å². The summed E-state index contributed by atoms with van der Waals surface area (Å²) >= 11 is 5.58. The molecule has 1 aromatic carbocycles. The highest BCUT2D eigenvalue weighted by Gasteiger charge is 1.90. The van der Waals surface area contributed by atoms with Gasteiger partial charge in [0, 0.05) is 12.1 Å². The van der Waals surface area contributed by atoms with Crippen molar-refractivity contribution in [2.24, 2.45) is 5.10 Å². The SMILES string of the molecule is [C-]#[N+]c1ccc(N/N=C\CCCCCCl)cc1. The molecule has 0 saturated heterocycles. The molecule has 0 bridgehead atoms. The molecule has 1 rings (SSSR count). The Morgan fingerprint density at radius 3 is 2.65 bits per heavy atom.